The molecule has 0 bridgehead atoms. The van der Waals surface area contributed by atoms with Gasteiger partial charge in [-0.3, -0.25) is 0 Å². The molecule has 0 atom stereocenters. The van der Waals surface area contributed by atoms with E-state index in [-0.39, 0.29) is 23.9 Å². The molecule has 0 saturated heterocycles. The summed E-state index contributed by atoms with van der Waals surface area (Å²) in [4.78, 5) is 0. The highest BCUT2D eigenvalue weighted by Gasteiger charge is 2.13. The van der Waals surface area contributed by atoms with Gasteiger partial charge in [0, 0.05) is 6.54 Å². The topological polar surface area (TPSA) is 66.4 Å². The summed E-state index contributed by atoms with van der Waals surface area (Å²) in [6.07, 6.45) is 0. The average Bonchev–Trinajstić information content (AvgIpc) is 2.49. The zero-order chi connectivity index (χ0) is 16.2. The van der Waals surface area contributed by atoms with Crippen molar-refractivity contribution in [3.05, 3.63) is 70.0 Å². The van der Waals surface area contributed by atoms with Crippen LogP contribution in [0.2, 0.25) is 5.02 Å². The van der Waals surface area contributed by atoms with Crippen molar-refractivity contribution in [3.63, 3.8) is 0 Å². The predicted octanol–water partition coefficient (Wildman–Crippen LogP) is 2.59. The molecule has 0 aliphatic carbocycles. The van der Waals surface area contributed by atoms with Crippen molar-refractivity contribution in [3.8, 4) is 0 Å². The number of aliphatic hydroxyl groups excluding tert-OH is 1. The number of hydrogen-bond donors (Lipinski definition) is 2. The summed E-state index contributed by atoms with van der Waals surface area (Å²) in [7, 11) is -3.60. The van der Waals surface area contributed by atoms with Crippen molar-refractivity contribution < 1.29 is 17.9 Å². The first-order valence-electron chi connectivity index (χ1n) is 6.50. The van der Waals surface area contributed by atoms with Gasteiger partial charge in [0.05, 0.1) is 17.4 Å². The van der Waals surface area contributed by atoms with Crippen molar-refractivity contribution in [2.45, 2.75) is 18.9 Å². The first kappa shape index (κ1) is 16.9. The van der Waals surface area contributed by atoms with E-state index in [9.17, 15) is 17.9 Å². The first-order chi connectivity index (χ1) is 10.4. The Bertz CT molecular complexity index is 765. The van der Waals surface area contributed by atoms with Crippen LogP contribution in [0.3, 0.4) is 0 Å². The van der Waals surface area contributed by atoms with E-state index in [1.807, 2.05) is 0 Å². The zero-order valence-corrected chi connectivity index (χ0v) is 13.2. The Balaban J connectivity index is 2.06. The number of sulfonamides is 1. The third kappa shape index (κ3) is 4.51. The molecule has 0 aliphatic rings. The molecule has 2 rings (SSSR count). The molecule has 2 aromatic carbocycles. The van der Waals surface area contributed by atoms with E-state index in [0.717, 1.165) is 6.07 Å². The van der Waals surface area contributed by atoms with Gasteiger partial charge in [0.1, 0.15) is 5.82 Å². The maximum atomic E-state index is 13.1. The van der Waals surface area contributed by atoms with E-state index in [2.05, 4.69) is 4.72 Å². The van der Waals surface area contributed by atoms with Crippen molar-refractivity contribution >= 4 is 21.6 Å². The molecule has 0 aliphatic heterocycles. The second-order valence-corrected chi connectivity index (χ2v) is 6.97. The Hall–Kier alpha value is -1.47. The molecule has 0 fully saturated rings. The molecule has 0 unspecified atom stereocenters. The molecule has 118 valence electrons. The highest BCUT2D eigenvalue weighted by atomic mass is 35.5. The summed E-state index contributed by atoms with van der Waals surface area (Å²) < 4.78 is 39.6. The molecular weight excluding hydrogens is 329 g/mol. The standard InChI is InChI=1S/C15H15ClFNO3S/c16-14-7-11(5-6-15(14)17)10-22(20,21)18-8-12-3-1-2-4-13(12)9-19/h1-7,18-19H,8-10H2. The van der Waals surface area contributed by atoms with Crippen LogP contribution < -0.4 is 4.72 Å². The number of benzene rings is 2. The number of rotatable bonds is 6. The van der Waals surface area contributed by atoms with Crippen LogP contribution in [0, 0.1) is 5.82 Å². The lowest BCUT2D eigenvalue weighted by Gasteiger charge is -2.10. The zero-order valence-electron chi connectivity index (χ0n) is 11.6. The quantitative estimate of drug-likeness (QED) is 0.847. The van der Waals surface area contributed by atoms with Crippen LogP contribution in [0.1, 0.15) is 16.7 Å². The SMILES string of the molecule is O=S(=O)(Cc1ccc(F)c(Cl)c1)NCc1ccccc1CO. The maximum absolute atomic E-state index is 13.1. The predicted molar refractivity (Wildman–Crippen MR) is 83.2 cm³/mol. The largest absolute Gasteiger partial charge is 0.392 e. The van der Waals surface area contributed by atoms with Crippen molar-refractivity contribution in [2.24, 2.45) is 0 Å². The number of halogens is 2. The summed E-state index contributed by atoms with van der Waals surface area (Å²) in [5.41, 5.74) is 1.76. The lowest BCUT2D eigenvalue weighted by Crippen LogP contribution is -2.25. The molecule has 0 heterocycles. The third-order valence-corrected chi connectivity index (χ3v) is 4.70. The lowest BCUT2D eigenvalue weighted by molar-refractivity contribution is 0.280. The van der Waals surface area contributed by atoms with Crippen LogP contribution in [0.15, 0.2) is 42.5 Å². The van der Waals surface area contributed by atoms with Gasteiger partial charge in [-0.25, -0.2) is 17.5 Å². The van der Waals surface area contributed by atoms with E-state index in [1.165, 1.54) is 12.1 Å². The fourth-order valence-corrected chi connectivity index (χ4v) is 3.27. The summed E-state index contributed by atoms with van der Waals surface area (Å²) in [6.45, 7) is -0.0839. The third-order valence-electron chi connectivity index (χ3n) is 3.11. The molecule has 7 heteroatoms. The Kier molecular flexibility index (Phi) is 5.52. The molecule has 4 nitrogen and oxygen atoms in total. The van der Waals surface area contributed by atoms with Crippen molar-refractivity contribution in [2.75, 3.05) is 0 Å². The number of hydrogen-bond acceptors (Lipinski definition) is 3. The molecule has 0 spiro atoms. The molecular formula is C15H15ClFNO3S. The summed E-state index contributed by atoms with van der Waals surface area (Å²) in [5, 5.41) is 9.10. The molecule has 0 radical (unpaired) electrons. The van der Waals surface area contributed by atoms with Crippen molar-refractivity contribution in [1.29, 1.82) is 0 Å². The van der Waals surface area contributed by atoms with Gasteiger partial charge >= 0.3 is 0 Å². The van der Waals surface area contributed by atoms with Crippen LogP contribution in [0.5, 0.6) is 0 Å². The molecule has 2 aromatic rings. The summed E-state index contributed by atoms with van der Waals surface area (Å²) in [6, 6.07) is 10.8. The van der Waals surface area contributed by atoms with Gasteiger partial charge in [-0.05, 0) is 28.8 Å². The lowest BCUT2D eigenvalue weighted by atomic mass is 10.1. The second kappa shape index (κ2) is 7.19. The Morgan fingerprint density at radius 3 is 2.45 bits per heavy atom. The van der Waals surface area contributed by atoms with E-state index in [0.29, 0.717) is 16.7 Å². The normalized spacial score (nSPS) is 11.6. The molecule has 0 saturated carbocycles. The fraction of sp³-hybridized carbons (Fsp3) is 0.200. The fourth-order valence-electron chi connectivity index (χ4n) is 1.97. The molecule has 2 N–H and O–H groups in total. The van der Waals surface area contributed by atoms with Gasteiger partial charge in [-0.2, -0.15) is 0 Å². The van der Waals surface area contributed by atoms with Crippen LogP contribution >= 0.6 is 11.6 Å². The minimum absolute atomic E-state index is 0.0774. The Morgan fingerprint density at radius 1 is 1.14 bits per heavy atom. The minimum Gasteiger partial charge on any atom is -0.392 e. The highest BCUT2D eigenvalue weighted by Crippen LogP contribution is 2.17. The van der Waals surface area contributed by atoms with Crippen LogP contribution in [-0.2, 0) is 28.9 Å². The number of nitrogens with one attached hydrogen (secondary N) is 1. The Morgan fingerprint density at radius 2 is 1.82 bits per heavy atom. The second-order valence-electron chi connectivity index (χ2n) is 4.76. The molecule has 0 aromatic heterocycles. The monoisotopic (exact) mass is 343 g/mol. The van der Waals surface area contributed by atoms with Gasteiger partial charge in [-0.1, -0.05) is 41.9 Å². The molecule has 0 amide bonds. The van der Waals surface area contributed by atoms with E-state index in [1.54, 1.807) is 24.3 Å². The maximum Gasteiger partial charge on any atom is 0.216 e. The van der Waals surface area contributed by atoms with Crippen molar-refractivity contribution in [1.82, 2.24) is 4.72 Å². The van der Waals surface area contributed by atoms with Gasteiger partial charge in [0.15, 0.2) is 0 Å². The molecule has 22 heavy (non-hydrogen) atoms. The van der Waals surface area contributed by atoms with Crippen LogP contribution in [-0.4, -0.2) is 13.5 Å². The van der Waals surface area contributed by atoms with E-state index in [4.69, 9.17) is 11.6 Å². The number of aliphatic hydroxyl groups is 1. The van der Waals surface area contributed by atoms with Gasteiger partial charge in [0.2, 0.25) is 10.0 Å². The summed E-state index contributed by atoms with van der Waals surface area (Å²) >= 11 is 5.64. The van der Waals surface area contributed by atoms with Crippen LogP contribution in [0.4, 0.5) is 4.39 Å². The Labute approximate surface area is 133 Å². The van der Waals surface area contributed by atoms with Gasteiger partial charge in [0.25, 0.3) is 0 Å². The first-order valence-corrected chi connectivity index (χ1v) is 8.53. The highest BCUT2D eigenvalue weighted by molar-refractivity contribution is 7.88. The average molecular weight is 344 g/mol. The van der Waals surface area contributed by atoms with E-state index < -0.39 is 15.8 Å². The van der Waals surface area contributed by atoms with Gasteiger partial charge < -0.3 is 5.11 Å². The summed E-state index contributed by atoms with van der Waals surface area (Å²) in [5.74, 6) is -0.887. The van der Waals surface area contributed by atoms with Crippen LogP contribution in [0.25, 0.3) is 0 Å². The van der Waals surface area contributed by atoms with Gasteiger partial charge in [-0.15, -0.1) is 0 Å². The minimum atomic E-state index is -3.60. The van der Waals surface area contributed by atoms with E-state index >= 15 is 0 Å². The smallest absolute Gasteiger partial charge is 0.216 e.